The van der Waals surface area contributed by atoms with Crippen molar-refractivity contribution >= 4 is 11.9 Å². The molecule has 3 amide bonds. The minimum absolute atomic E-state index is 0.00408. The number of hydrogen-bond acceptors (Lipinski definition) is 4. The molecular weight excluding hydrogens is 310 g/mol. The minimum Gasteiger partial charge on any atom is -0.497 e. The van der Waals surface area contributed by atoms with E-state index in [2.05, 4.69) is 5.32 Å². The normalized spacial score (nSPS) is 21.6. The molecule has 1 N–H and O–H groups in total. The highest BCUT2D eigenvalue weighted by Crippen LogP contribution is 2.22. The number of carbonyl (C=O) groups is 2. The third-order valence-electron chi connectivity index (χ3n) is 4.51. The lowest BCUT2D eigenvalue weighted by molar-refractivity contribution is -0.134. The molecule has 0 saturated carbocycles. The summed E-state index contributed by atoms with van der Waals surface area (Å²) in [5.41, 5.74) is 0. The van der Waals surface area contributed by atoms with Gasteiger partial charge in [-0.15, -0.1) is 0 Å². The van der Waals surface area contributed by atoms with Gasteiger partial charge in [-0.05, 0) is 24.3 Å². The number of hydrogen-bond donors (Lipinski definition) is 1. The number of amides is 3. The summed E-state index contributed by atoms with van der Waals surface area (Å²) in [5, 5.41) is 2.72. The van der Waals surface area contributed by atoms with Gasteiger partial charge in [-0.3, -0.25) is 4.79 Å². The monoisotopic (exact) mass is 333 g/mol. The fraction of sp³-hybridized carbons (Fsp3) is 0.529. The maximum Gasteiger partial charge on any atom is 0.317 e. The molecule has 0 radical (unpaired) electrons. The number of methoxy groups -OCH3 is 1. The zero-order valence-electron chi connectivity index (χ0n) is 14.0. The van der Waals surface area contributed by atoms with Crippen LogP contribution in [0.2, 0.25) is 0 Å². The van der Waals surface area contributed by atoms with E-state index >= 15 is 0 Å². The van der Waals surface area contributed by atoms with Gasteiger partial charge < -0.3 is 24.6 Å². The van der Waals surface area contributed by atoms with Crippen molar-refractivity contribution in [1.29, 1.82) is 0 Å². The maximum absolute atomic E-state index is 12.5. The summed E-state index contributed by atoms with van der Waals surface area (Å²) in [6.45, 7) is 1.73. The van der Waals surface area contributed by atoms with Crippen LogP contribution in [0.25, 0.3) is 0 Å². The van der Waals surface area contributed by atoms with E-state index in [1.807, 2.05) is 29.2 Å². The second-order valence-corrected chi connectivity index (χ2v) is 6.20. The van der Waals surface area contributed by atoms with Crippen molar-refractivity contribution < 1.29 is 19.1 Å². The van der Waals surface area contributed by atoms with Crippen LogP contribution >= 0.6 is 0 Å². The number of benzene rings is 1. The summed E-state index contributed by atoms with van der Waals surface area (Å²) >= 11 is 0. The van der Waals surface area contributed by atoms with Crippen molar-refractivity contribution in [3.05, 3.63) is 24.3 Å². The number of urea groups is 1. The lowest BCUT2D eigenvalue weighted by Gasteiger charge is -2.33. The topological polar surface area (TPSA) is 71.1 Å². The number of nitrogens with one attached hydrogen (secondary N) is 1. The smallest absolute Gasteiger partial charge is 0.317 e. The SMILES string of the molecule is COc1ccc(OC2CCN(C(=O)[C@H]3CN(C)C(=O)N3)CC2)cc1. The molecule has 24 heavy (non-hydrogen) atoms. The first-order valence-corrected chi connectivity index (χ1v) is 8.18. The van der Waals surface area contributed by atoms with Crippen LogP contribution in [0.3, 0.4) is 0 Å². The van der Waals surface area contributed by atoms with Crippen LogP contribution in [0.1, 0.15) is 12.8 Å². The average molecular weight is 333 g/mol. The Bertz CT molecular complexity index is 596. The lowest BCUT2D eigenvalue weighted by atomic mass is 10.1. The molecule has 2 fully saturated rings. The minimum atomic E-state index is -0.429. The van der Waals surface area contributed by atoms with Gasteiger partial charge >= 0.3 is 6.03 Å². The van der Waals surface area contributed by atoms with E-state index < -0.39 is 6.04 Å². The number of likely N-dealkylation sites (N-methyl/N-ethyl adjacent to an activating group) is 1. The van der Waals surface area contributed by atoms with Crippen LogP contribution in [0, 0.1) is 0 Å². The number of nitrogens with zero attached hydrogens (tertiary/aromatic N) is 2. The Balaban J connectivity index is 1.48. The molecule has 1 atom stereocenters. The van der Waals surface area contributed by atoms with E-state index in [1.165, 1.54) is 4.90 Å². The molecule has 3 rings (SSSR count). The van der Waals surface area contributed by atoms with Crippen molar-refractivity contribution in [3.8, 4) is 11.5 Å². The van der Waals surface area contributed by atoms with Crippen LogP contribution in [0.5, 0.6) is 11.5 Å². The Morgan fingerprint density at radius 2 is 1.79 bits per heavy atom. The summed E-state index contributed by atoms with van der Waals surface area (Å²) in [6, 6.07) is 6.90. The lowest BCUT2D eigenvalue weighted by Crippen LogP contribution is -2.49. The molecular formula is C17H23N3O4. The third kappa shape index (κ3) is 3.55. The summed E-state index contributed by atoms with van der Waals surface area (Å²) < 4.78 is 11.1. The molecule has 1 aromatic rings. The molecule has 0 aliphatic carbocycles. The van der Waals surface area contributed by atoms with Crippen molar-refractivity contribution in [2.45, 2.75) is 25.0 Å². The molecule has 0 unspecified atom stereocenters. The number of carbonyl (C=O) groups excluding carboxylic acids is 2. The van der Waals surface area contributed by atoms with Crippen LogP contribution in [0.4, 0.5) is 4.79 Å². The van der Waals surface area contributed by atoms with Crippen LogP contribution in [-0.2, 0) is 4.79 Å². The molecule has 2 aliphatic heterocycles. The fourth-order valence-electron chi connectivity index (χ4n) is 3.06. The van der Waals surface area contributed by atoms with Gasteiger partial charge in [0, 0.05) is 33.0 Å². The second-order valence-electron chi connectivity index (χ2n) is 6.20. The van der Waals surface area contributed by atoms with E-state index in [0.717, 1.165) is 24.3 Å². The first-order chi connectivity index (χ1) is 11.6. The highest BCUT2D eigenvalue weighted by molar-refractivity contribution is 5.90. The van der Waals surface area contributed by atoms with E-state index in [1.54, 1.807) is 14.2 Å². The quantitative estimate of drug-likeness (QED) is 0.895. The molecule has 7 nitrogen and oxygen atoms in total. The van der Waals surface area contributed by atoms with Gasteiger partial charge in [0.25, 0.3) is 0 Å². The van der Waals surface area contributed by atoms with E-state index in [-0.39, 0.29) is 18.0 Å². The highest BCUT2D eigenvalue weighted by Gasteiger charge is 2.35. The van der Waals surface area contributed by atoms with Gasteiger partial charge in [-0.25, -0.2) is 4.79 Å². The van der Waals surface area contributed by atoms with Gasteiger partial charge in [0.05, 0.1) is 13.7 Å². The van der Waals surface area contributed by atoms with Gasteiger partial charge in [-0.2, -0.15) is 0 Å². The number of piperidine rings is 1. The zero-order valence-corrected chi connectivity index (χ0v) is 14.0. The molecule has 0 aromatic heterocycles. The largest absolute Gasteiger partial charge is 0.497 e. The van der Waals surface area contributed by atoms with Crippen LogP contribution in [0.15, 0.2) is 24.3 Å². The predicted octanol–water partition coefficient (Wildman–Crippen LogP) is 1.09. The number of ether oxygens (including phenoxy) is 2. The molecule has 2 heterocycles. The summed E-state index contributed by atoms with van der Waals surface area (Å²) in [4.78, 5) is 27.3. The maximum atomic E-state index is 12.5. The van der Waals surface area contributed by atoms with Gasteiger partial charge in [-0.1, -0.05) is 0 Å². The second kappa shape index (κ2) is 6.98. The first kappa shape index (κ1) is 16.4. The Labute approximate surface area is 141 Å². The Morgan fingerprint density at radius 1 is 1.17 bits per heavy atom. The van der Waals surface area contributed by atoms with E-state index in [9.17, 15) is 9.59 Å². The number of likely N-dealkylation sites (tertiary alicyclic amines) is 1. The summed E-state index contributed by atoms with van der Waals surface area (Å²) in [7, 11) is 3.32. The molecule has 130 valence electrons. The highest BCUT2D eigenvalue weighted by atomic mass is 16.5. The molecule has 2 aliphatic rings. The average Bonchev–Trinajstić information content (AvgIpc) is 2.95. The van der Waals surface area contributed by atoms with Gasteiger partial charge in [0.2, 0.25) is 5.91 Å². The molecule has 1 aromatic carbocycles. The van der Waals surface area contributed by atoms with E-state index in [0.29, 0.717) is 19.6 Å². The Morgan fingerprint density at radius 3 is 2.33 bits per heavy atom. The first-order valence-electron chi connectivity index (χ1n) is 8.18. The summed E-state index contributed by atoms with van der Waals surface area (Å²) in [6.07, 6.45) is 1.67. The van der Waals surface area contributed by atoms with Crippen molar-refractivity contribution in [2.75, 3.05) is 33.8 Å². The van der Waals surface area contributed by atoms with Gasteiger partial charge in [0.15, 0.2) is 0 Å². The molecule has 2 saturated heterocycles. The predicted molar refractivity (Wildman–Crippen MR) is 88.2 cm³/mol. The van der Waals surface area contributed by atoms with Crippen LogP contribution in [-0.4, -0.2) is 67.7 Å². The van der Waals surface area contributed by atoms with Crippen molar-refractivity contribution in [3.63, 3.8) is 0 Å². The molecule has 7 heteroatoms. The fourth-order valence-corrected chi connectivity index (χ4v) is 3.06. The van der Waals surface area contributed by atoms with Crippen LogP contribution < -0.4 is 14.8 Å². The van der Waals surface area contributed by atoms with E-state index in [4.69, 9.17) is 9.47 Å². The molecule has 0 spiro atoms. The van der Waals surface area contributed by atoms with Crippen molar-refractivity contribution in [2.24, 2.45) is 0 Å². The number of rotatable bonds is 4. The Kier molecular flexibility index (Phi) is 4.78. The summed E-state index contributed by atoms with van der Waals surface area (Å²) in [5.74, 6) is 1.60. The molecule has 0 bridgehead atoms. The van der Waals surface area contributed by atoms with Gasteiger partial charge in [0.1, 0.15) is 23.6 Å². The Hall–Kier alpha value is -2.44. The standard InChI is InChI=1S/C17H23N3O4/c1-19-11-15(18-17(19)22)16(21)20-9-7-14(8-10-20)24-13-5-3-12(23-2)4-6-13/h3-6,14-15H,7-11H2,1-2H3,(H,18,22)/t15-/m1/s1. The zero-order chi connectivity index (χ0) is 17.1. The third-order valence-corrected chi connectivity index (χ3v) is 4.51. The van der Waals surface area contributed by atoms with Crippen molar-refractivity contribution in [1.82, 2.24) is 15.1 Å².